The standard InChI is InChI=1S/C20H16FN7O2/c1-13(11-27-12-22-25-26-27)30-19-9-14(4-5-16(19)21)17-6-7-28-20(24-17)15(10-23-28)18-3-2-8-29-18/h2-10,12-13H,11H2,1H3/t13-/m0/s1. The lowest BCUT2D eigenvalue weighted by molar-refractivity contribution is 0.185. The maximum atomic E-state index is 14.4. The number of halogens is 1. The van der Waals surface area contributed by atoms with Crippen LogP contribution in [0.5, 0.6) is 5.75 Å². The van der Waals surface area contributed by atoms with Gasteiger partial charge in [0.25, 0.3) is 0 Å². The molecule has 0 aliphatic rings. The summed E-state index contributed by atoms with van der Waals surface area (Å²) in [6, 6.07) is 10.1. The number of tetrazole rings is 1. The second kappa shape index (κ2) is 7.39. The highest BCUT2D eigenvalue weighted by Crippen LogP contribution is 2.29. The number of benzene rings is 1. The van der Waals surface area contributed by atoms with Gasteiger partial charge >= 0.3 is 0 Å². The van der Waals surface area contributed by atoms with Crippen molar-refractivity contribution in [1.29, 1.82) is 0 Å². The Bertz CT molecular complexity index is 1280. The second-order valence-electron chi connectivity index (χ2n) is 6.72. The zero-order chi connectivity index (χ0) is 20.5. The maximum absolute atomic E-state index is 14.4. The Balaban J connectivity index is 1.46. The van der Waals surface area contributed by atoms with E-state index in [-0.39, 0.29) is 11.9 Å². The molecule has 0 spiro atoms. The summed E-state index contributed by atoms with van der Waals surface area (Å²) in [6.07, 6.45) is 6.24. The van der Waals surface area contributed by atoms with Gasteiger partial charge in [-0.2, -0.15) is 5.10 Å². The van der Waals surface area contributed by atoms with Crippen LogP contribution in [0.1, 0.15) is 6.92 Å². The summed E-state index contributed by atoms with van der Waals surface area (Å²) in [5, 5.41) is 15.3. The van der Waals surface area contributed by atoms with E-state index >= 15 is 0 Å². The van der Waals surface area contributed by atoms with E-state index < -0.39 is 5.82 Å². The number of nitrogens with zero attached hydrogens (tertiary/aromatic N) is 7. The number of furan rings is 1. The van der Waals surface area contributed by atoms with Gasteiger partial charge in [-0.25, -0.2) is 18.6 Å². The van der Waals surface area contributed by atoms with Crippen LogP contribution < -0.4 is 4.74 Å². The first-order chi connectivity index (χ1) is 14.7. The minimum atomic E-state index is -0.455. The number of aromatic nitrogens is 7. The number of ether oxygens (including phenoxy) is 1. The third kappa shape index (κ3) is 3.39. The molecule has 0 saturated carbocycles. The summed E-state index contributed by atoms with van der Waals surface area (Å²) in [6.45, 7) is 2.21. The van der Waals surface area contributed by atoms with Crippen LogP contribution in [0.15, 0.2) is 65.8 Å². The molecule has 10 heteroatoms. The first-order valence-corrected chi connectivity index (χ1v) is 9.23. The Morgan fingerprint density at radius 2 is 2.17 bits per heavy atom. The molecule has 5 aromatic rings. The third-order valence-corrected chi connectivity index (χ3v) is 4.55. The summed E-state index contributed by atoms with van der Waals surface area (Å²) < 4.78 is 28.8. The molecule has 0 bridgehead atoms. The van der Waals surface area contributed by atoms with Crippen LogP contribution in [0.4, 0.5) is 4.39 Å². The lowest BCUT2D eigenvalue weighted by Crippen LogP contribution is -2.20. The maximum Gasteiger partial charge on any atom is 0.166 e. The highest BCUT2D eigenvalue weighted by atomic mass is 19.1. The van der Waals surface area contributed by atoms with Gasteiger partial charge in [-0.1, -0.05) is 0 Å². The fraction of sp³-hybridized carbons (Fsp3) is 0.150. The fourth-order valence-electron chi connectivity index (χ4n) is 3.17. The van der Waals surface area contributed by atoms with Crippen LogP contribution in [-0.2, 0) is 6.54 Å². The van der Waals surface area contributed by atoms with E-state index in [0.29, 0.717) is 23.6 Å². The van der Waals surface area contributed by atoms with Crippen molar-refractivity contribution in [2.45, 2.75) is 19.6 Å². The zero-order valence-electron chi connectivity index (χ0n) is 15.9. The van der Waals surface area contributed by atoms with Crippen LogP contribution in [-0.4, -0.2) is 40.9 Å². The van der Waals surface area contributed by atoms with Crippen molar-refractivity contribution < 1.29 is 13.5 Å². The first kappa shape index (κ1) is 18.0. The van der Waals surface area contributed by atoms with Crippen molar-refractivity contribution in [3.05, 3.63) is 67.2 Å². The monoisotopic (exact) mass is 405 g/mol. The van der Waals surface area contributed by atoms with Crippen LogP contribution in [0, 0.1) is 5.82 Å². The van der Waals surface area contributed by atoms with Crippen molar-refractivity contribution in [2.24, 2.45) is 0 Å². The van der Waals surface area contributed by atoms with Gasteiger partial charge < -0.3 is 9.15 Å². The van der Waals surface area contributed by atoms with Gasteiger partial charge in [-0.3, -0.25) is 0 Å². The number of hydrogen-bond donors (Lipinski definition) is 0. The number of hydrogen-bond acceptors (Lipinski definition) is 7. The Morgan fingerprint density at radius 1 is 1.23 bits per heavy atom. The minimum Gasteiger partial charge on any atom is -0.486 e. The lowest BCUT2D eigenvalue weighted by atomic mass is 10.1. The number of fused-ring (bicyclic) bond motifs is 1. The van der Waals surface area contributed by atoms with Gasteiger partial charge in [0, 0.05) is 11.8 Å². The van der Waals surface area contributed by atoms with Crippen LogP contribution in [0.3, 0.4) is 0 Å². The molecule has 0 saturated heterocycles. The molecule has 0 aliphatic carbocycles. The third-order valence-electron chi connectivity index (χ3n) is 4.55. The summed E-state index contributed by atoms with van der Waals surface area (Å²) >= 11 is 0. The molecule has 0 N–H and O–H groups in total. The van der Waals surface area contributed by atoms with E-state index in [4.69, 9.17) is 14.1 Å². The predicted molar refractivity (Wildman–Crippen MR) is 104 cm³/mol. The van der Waals surface area contributed by atoms with Crippen molar-refractivity contribution in [3.8, 4) is 28.3 Å². The van der Waals surface area contributed by atoms with Crippen molar-refractivity contribution in [2.75, 3.05) is 0 Å². The largest absolute Gasteiger partial charge is 0.486 e. The normalized spacial score (nSPS) is 12.3. The molecule has 0 amide bonds. The van der Waals surface area contributed by atoms with E-state index in [2.05, 4.69) is 20.6 Å². The van der Waals surface area contributed by atoms with E-state index in [1.165, 1.54) is 17.1 Å². The molecule has 0 unspecified atom stereocenters. The molecule has 9 nitrogen and oxygen atoms in total. The predicted octanol–water partition coefficient (Wildman–Crippen LogP) is 3.25. The smallest absolute Gasteiger partial charge is 0.166 e. The van der Waals surface area contributed by atoms with Gasteiger partial charge in [0.15, 0.2) is 17.2 Å². The topological polar surface area (TPSA) is 96.2 Å². The van der Waals surface area contributed by atoms with E-state index in [0.717, 1.165) is 11.1 Å². The van der Waals surface area contributed by atoms with Crippen LogP contribution >= 0.6 is 0 Å². The van der Waals surface area contributed by atoms with Gasteiger partial charge in [0.05, 0.1) is 30.3 Å². The quantitative estimate of drug-likeness (QED) is 0.428. The summed E-state index contributed by atoms with van der Waals surface area (Å²) in [4.78, 5) is 4.70. The van der Waals surface area contributed by atoms with Crippen molar-refractivity contribution >= 4 is 5.65 Å². The molecule has 4 heterocycles. The molecule has 0 fully saturated rings. The SMILES string of the molecule is C[C@@H](Cn1cnnn1)Oc1cc(-c2ccn3ncc(-c4ccco4)c3n2)ccc1F. The average molecular weight is 405 g/mol. The molecule has 150 valence electrons. The van der Waals surface area contributed by atoms with E-state index in [1.807, 2.05) is 25.1 Å². The van der Waals surface area contributed by atoms with E-state index in [1.54, 1.807) is 35.3 Å². The molecule has 1 aromatic carbocycles. The molecular weight excluding hydrogens is 389 g/mol. The summed E-state index contributed by atoms with van der Waals surface area (Å²) in [5.74, 6) is 0.354. The van der Waals surface area contributed by atoms with Crippen molar-refractivity contribution in [1.82, 2.24) is 34.8 Å². The van der Waals surface area contributed by atoms with Crippen molar-refractivity contribution in [3.63, 3.8) is 0 Å². The zero-order valence-corrected chi connectivity index (χ0v) is 15.9. The van der Waals surface area contributed by atoms with Gasteiger partial charge in [0.2, 0.25) is 0 Å². The average Bonchev–Trinajstić information content (AvgIpc) is 3.50. The van der Waals surface area contributed by atoms with Gasteiger partial charge in [-0.15, -0.1) is 5.10 Å². The molecule has 4 aromatic heterocycles. The summed E-state index contributed by atoms with van der Waals surface area (Å²) in [5.41, 5.74) is 2.79. The molecule has 5 rings (SSSR count). The minimum absolute atomic E-state index is 0.134. The molecule has 30 heavy (non-hydrogen) atoms. The Hall–Kier alpha value is -4.08. The Kier molecular flexibility index (Phi) is 4.43. The highest BCUT2D eigenvalue weighted by Gasteiger charge is 2.15. The Labute approximate surface area is 169 Å². The second-order valence-corrected chi connectivity index (χ2v) is 6.72. The molecule has 1 atom stereocenters. The number of rotatable bonds is 6. The fourth-order valence-corrected chi connectivity index (χ4v) is 3.17. The van der Waals surface area contributed by atoms with Crippen LogP contribution in [0.2, 0.25) is 0 Å². The first-order valence-electron chi connectivity index (χ1n) is 9.23. The van der Waals surface area contributed by atoms with E-state index in [9.17, 15) is 4.39 Å². The molecule has 0 radical (unpaired) electrons. The van der Waals surface area contributed by atoms with Crippen LogP contribution in [0.25, 0.3) is 28.2 Å². The van der Waals surface area contributed by atoms with Gasteiger partial charge in [-0.05, 0) is 53.7 Å². The van der Waals surface area contributed by atoms with Gasteiger partial charge in [0.1, 0.15) is 18.2 Å². The Morgan fingerprint density at radius 3 is 2.97 bits per heavy atom. The highest BCUT2D eigenvalue weighted by molar-refractivity contribution is 5.75. The molecule has 0 aliphatic heterocycles. The lowest BCUT2D eigenvalue weighted by Gasteiger charge is -2.15. The summed E-state index contributed by atoms with van der Waals surface area (Å²) in [7, 11) is 0. The molecular formula is C20H16FN7O2.